The first-order valence-electron chi connectivity index (χ1n) is 9.25. The molecule has 6 nitrogen and oxygen atoms in total. The molecule has 1 amide bonds. The maximum atomic E-state index is 12.4. The molecule has 2 heterocycles. The Balaban J connectivity index is 1.55. The van der Waals surface area contributed by atoms with Crippen molar-refractivity contribution >= 4 is 52.5 Å². The van der Waals surface area contributed by atoms with Gasteiger partial charge in [-0.15, -0.1) is 10.2 Å². The fraction of sp³-hybridized carbons (Fsp3) is 0.250. The first-order valence-corrected chi connectivity index (χ1v) is 11.0. The Morgan fingerprint density at radius 3 is 2.62 bits per heavy atom. The first-order chi connectivity index (χ1) is 14.1. The number of hydrogen-bond donors (Lipinski definition) is 1. The van der Waals surface area contributed by atoms with E-state index in [4.69, 9.17) is 23.2 Å². The minimum absolute atomic E-state index is 0.161. The highest BCUT2D eigenvalue weighted by Crippen LogP contribution is 2.30. The smallest absolute Gasteiger partial charge is 0.234 e. The molecule has 0 bridgehead atoms. The number of aromatic nitrogens is 3. The van der Waals surface area contributed by atoms with Crippen molar-refractivity contribution in [2.45, 2.75) is 18.0 Å². The number of nitrogens with one attached hydrogen (secondary N) is 1. The first kappa shape index (κ1) is 20.1. The van der Waals surface area contributed by atoms with Gasteiger partial charge >= 0.3 is 0 Å². The Bertz CT molecular complexity index is 1020. The third kappa shape index (κ3) is 4.69. The molecule has 1 N–H and O–H groups in total. The van der Waals surface area contributed by atoms with Crippen LogP contribution in [0.15, 0.2) is 53.7 Å². The molecule has 0 radical (unpaired) electrons. The molecule has 1 fully saturated rings. The van der Waals surface area contributed by atoms with Gasteiger partial charge in [0.05, 0.1) is 22.2 Å². The molecule has 0 unspecified atom stereocenters. The van der Waals surface area contributed by atoms with Gasteiger partial charge in [0, 0.05) is 18.1 Å². The summed E-state index contributed by atoms with van der Waals surface area (Å²) in [5, 5.41) is 13.4. The highest BCUT2D eigenvalue weighted by atomic mass is 35.5. The fourth-order valence-corrected chi connectivity index (χ4v) is 4.31. The molecule has 0 atom stereocenters. The van der Waals surface area contributed by atoms with Crippen molar-refractivity contribution in [3.05, 3.63) is 58.6 Å². The van der Waals surface area contributed by atoms with Crippen LogP contribution in [0.2, 0.25) is 10.0 Å². The zero-order chi connectivity index (χ0) is 20.2. The van der Waals surface area contributed by atoms with Gasteiger partial charge in [0.15, 0.2) is 5.16 Å². The van der Waals surface area contributed by atoms with Crippen LogP contribution in [0, 0.1) is 0 Å². The third-order valence-corrected chi connectivity index (χ3v) is 6.05. The number of rotatable bonds is 6. The summed E-state index contributed by atoms with van der Waals surface area (Å²) >= 11 is 13.6. The Morgan fingerprint density at radius 2 is 1.86 bits per heavy atom. The van der Waals surface area contributed by atoms with Crippen LogP contribution in [0.3, 0.4) is 0 Å². The molecular formula is C20H19Cl2N5OS. The van der Waals surface area contributed by atoms with E-state index < -0.39 is 0 Å². The van der Waals surface area contributed by atoms with Gasteiger partial charge in [-0.05, 0) is 43.2 Å². The Kier molecular flexibility index (Phi) is 6.28. The van der Waals surface area contributed by atoms with E-state index in [1.54, 1.807) is 12.1 Å². The molecule has 1 aliphatic rings. The number of para-hydroxylation sites is 1. The van der Waals surface area contributed by atoms with Crippen molar-refractivity contribution in [3.8, 4) is 5.69 Å². The summed E-state index contributed by atoms with van der Waals surface area (Å²) in [5.41, 5.74) is 1.47. The number of carbonyl (C=O) groups is 1. The summed E-state index contributed by atoms with van der Waals surface area (Å²) in [5.74, 6) is 0.800. The average Bonchev–Trinajstić information content (AvgIpc) is 3.37. The summed E-state index contributed by atoms with van der Waals surface area (Å²) in [6.45, 7) is 1.88. The SMILES string of the molecule is O=C(CSc1nnc(N2CCCC2)n1-c1cccc(Cl)c1)Nc1ccccc1Cl. The number of carbonyl (C=O) groups excluding carboxylic acids is 1. The standard InChI is InChI=1S/C20H19Cl2N5OS/c21-14-6-5-7-15(12-14)27-19(26-10-3-4-11-26)24-25-20(27)29-13-18(28)23-17-9-2-1-8-16(17)22/h1-2,5-9,12H,3-4,10-11,13H2,(H,23,28). The monoisotopic (exact) mass is 447 g/mol. The van der Waals surface area contributed by atoms with E-state index in [1.807, 2.05) is 41.0 Å². The molecule has 0 spiro atoms. The topological polar surface area (TPSA) is 63.1 Å². The highest BCUT2D eigenvalue weighted by molar-refractivity contribution is 7.99. The van der Waals surface area contributed by atoms with Crippen LogP contribution in [0.25, 0.3) is 5.69 Å². The second kappa shape index (κ2) is 9.07. The number of thioether (sulfide) groups is 1. The molecular weight excluding hydrogens is 429 g/mol. The van der Waals surface area contributed by atoms with E-state index in [0.29, 0.717) is 20.9 Å². The van der Waals surface area contributed by atoms with E-state index in [0.717, 1.165) is 37.6 Å². The summed E-state index contributed by atoms with van der Waals surface area (Å²) in [7, 11) is 0. The zero-order valence-corrected chi connectivity index (χ0v) is 17.8. The van der Waals surface area contributed by atoms with Gasteiger partial charge < -0.3 is 10.2 Å². The molecule has 9 heteroatoms. The number of halogens is 2. The van der Waals surface area contributed by atoms with Crippen molar-refractivity contribution in [2.75, 3.05) is 29.1 Å². The number of benzene rings is 2. The van der Waals surface area contributed by atoms with E-state index in [-0.39, 0.29) is 11.7 Å². The molecule has 3 aromatic rings. The van der Waals surface area contributed by atoms with Crippen molar-refractivity contribution in [1.29, 1.82) is 0 Å². The van der Waals surface area contributed by atoms with Crippen LogP contribution in [0.4, 0.5) is 11.6 Å². The van der Waals surface area contributed by atoms with Crippen molar-refractivity contribution in [1.82, 2.24) is 14.8 Å². The fourth-order valence-electron chi connectivity index (χ4n) is 3.20. The lowest BCUT2D eigenvalue weighted by molar-refractivity contribution is -0.113. The molecule has 1 saturated heterocycles. The van der Waals surface area contributed by atoms with Gasteiger partial charge in [-0.3, -0.25) is 9.36 Å². The largest absolute Gasteiger partial charge is 0.341 e. The zero-order valence-electron chi connectivity index (χ0n) is 15.5. The predicted molar refractivity (Wildman–Crippen MR) is 119 cm³/mol. The van der Waals surface area contributed by atoms with Crippen LogP contribution >= 0.6 is 35.0 Å². The van der Waals surface area contributed by atoms with Gasteiger partial charge in [-0.25, -0.2) is 0 Å². The molecule has 0 aliphatic carbocycles. The Labute approximate surface area is 183 Å². The van der Waals surface area contributed by atoms with Gasteiger partial charge in [0.2, 0.25) is 11.9 Å². The highest BCUT2D eigenvalue weighted by Gasteiger charge is 2.23. The van der Waals surface area contributed by atoms with Crippen LogP contribution in [-0.2, 0) is 4.79 Å². The molecule has 0 saturated carbocycles. The summed E-state index contributed by atoms with van der Waals surface area (Å²) in [6, 6.07) is 14.7. The van der Waals surface area contributed by atoms with Gasteiger partial charge in [0.25, 0.3) is 0 Å². The lowest BCUT2D eigenvalue weighted by Crippen LogP contribution is -2.22. The second-order valence-corrected chi connectivity index (χ2v) is 8.39. The summed E-state index contributed by atoms with van der Waals surface area (Å²) < 4.78 is 1.96. The van der Waals surface area contributed by atoms with E-state index >= 15 is 0 Å². The maximum absolute atomic E-state index is 12.4. The molecule has 4 rings (SSSR count). The van der Waals surface area contributed by atoms with Crippen LogP contribution in [-0.4, -0.2) is 39.5 Å². The van der Waals surface area contributed by atoms with Crippen molar-refractivity contribution in [2.24, 2.45) is 0 Å². The van der Waals surface area contributed by atoms with E-state index in [2.05, 4.69) is 20.4 Å². The molecule has 1 aromatic heterocycles. The molecule has 150 valence electrons. The predicted octanol–water partition coefficient (Wildman–Crippen LogP) is 4.91. The van der Waals surface area contributed by atoms with Crippen LogP contribution in [0.5, 0.6) is 0 Å². The summed E-state index contributed by atoms with van der Waals surface area (Å²) in [6.07, 6.45) is 2.26. The molecule has 1 aliphatic heterocycles. The quantitative estimate of drug-likeness (QED) is 0.544. The number of nitrogens with zero attached hydrogens (tertiary/aromatic N) is 4. The minimum atomic E-state index is -0.161. The van der Waals surface area contributed by atoms with Gasteiger partial charge in [-0.2, -0.15) is 0 Å². The van der Waals surface area contributed by atoms with E-state index in [1.165, 1.54) is 11.8 Å². The average molecular weight is 448 g/mol. The number of amides is 1. The van der Waals surface area contributed by atoms with Crippen LogP contribution < -0.4 is 10.2 Å². The number of anilines is 2. The lowest BCUT2D eigenvalue weighted by Gasteiger charge is -2.18. The van der Waals surface area contributed by atoms with Gasteiger partial charge in [0.1, 0.15) is 0 Å². The van der Waals surface area contributed by atoms with Gasteiger partial charge in [-0.1, -0.05) is 53.2 Å². The molecule has 2 aromatic carbocycles. The second-order valence-electron chi connectivity index (χ2n) is 6.61. The molecule has 29 heavy (non-hydrogen) atoms. The summed E-state index contributed by atoms with van der Waals surface area (Å²) in [4.78, 5) is 14.6. The van der Waals surface area contributed by atoms with Crippen molar-refractivity contribution < 1.29 is 4.79 Å². The Morgan fingerprint density at radius 1 is 1.07 bits per heavy atom. The minimum Gasteiger partial charge on any atom is -0.341 e. The maximum Gasteiger partial charge on any atom is 0.234 e. The van der Waals surface area contributed by atoms with E-state index in [9.17, 15) is 4.79 Å². The normalized spacial score (nSPS) is 13.7. The van der Waals surface area contributed by atoms with Crippen molar-refractivity contribution in [3.63, 3.8) is 0 Å². The lowest BCUT2D eigenvalue weighted by atomic mass is 10.3. The number of hydrogen-bond acceptors (Lipinski definition) is 5. The Hall–Kier alpha value is -2.22. The van der Waals surface area contributed by atoms with Crippen LogP contribution in [0.1, 0.15) is 12.8 Å². The third-order valence-electron chi connectivity index (χ3n) is 4.55.